The summed E-state index contributed by atoms with van der Waals surface area (Å²) in [6.07, 6.45) is 1.60. The summed E-state index contributed by atoms with van der Waals surface area (Å²) >= 11 is 12.2. The number of anilines is 2. The molecule has 0 aromatic heterocycles. The van der Waals surface area contributed by atoms with E-state index in [0.717, 1.165) is 0 Å². The van der Waals surface area contributed by atoms with E-state index in [1.165, 1.54) is 0 Å². The van der Waals surface area contributed by atoms with Crippen molar-refractivity contribution in [3.05, 3.63) is 75.9 Å². The van der Waals surface area contributed by atoms with Crippen LogP contribution in [-0.4, -0.2) is 0 Å². The SMILES string of the molecule is C=C(Nc1ccccc1N)/C(C#N)=C/c1c(Cl)cccc1Cl. The third-order valence-corrected chi connectivity index (χ3v) is 3.64. The van der Waals surface area contributed by atoms with Gasteiger partial charge in [0, 0.05) is 21.3 Å². The predicted molar refractivity (Wildman–Crippen MR) is 93.7 cm³/mol. The molecule has 2 rings (SSSR count). The molecular weight excluding hydrogens is 317 g/mol. The third kappa shape index (κ3) is 3.62. The van der Waals surface area contributed by atoms with Crippen LogP contribution in [0.15, 0.2) is 60.3 Å². The summed E-state index contributed by atoms with van der Waals surface area (Å²) in [6, 6.07) is 14.5. The molecule has 0 amide bonds. The number of nitriles is 1. The Bertz CT molecular complexity index is 768. The second kappa shape index (κ2) is 7.04. The largest absolute Gasteiger partial charge is 0.397 e. The van der Waals surface area contributed by atoms with E-state index in [1.54, 1.807) is 36.4 Å². The Labute approximate surface area is 139 Å². The van der Waals surface area contributed by atoms with Crippen LogP contribution >= 0.6 is 23.2 Å². The van der Waals surface area contributed by atoms with Gasteiger partial charge in [-0.3, -0.25) is 0 Å². The molecule has 0 spiro atoms. The normalized spacial score (nSPS) is 10.9. The standard InChI is InChI=1S/C17H13Cl2N3/c1-11(22-17-8-3-2-7-16(17)21)12(10-20)9-13-14(18)5-4-6-15(13)19/h2-9,22H,1,21H2/b12-9+. The highest BCUT2D eigenvalue weighted by atomic mass is 35.5. The van der Waals surface area contributed by atoms with Crippen LogP contribution in [-0.2, 0) is 0 Å². The molecule has 3 N–H and O–H groups in total. The molecule has 0 atom stereocenters. The van der Waals surface area contributed by atoms with Gasteiger partial charge in [-0.05, 0) is 30.3 Å². The van der Waals surface area contributed by atoms with Crippen LogP contribution < -0.4 is 11.1 Å². The number of nitrogen functional groups attached to an aromatic ring is 1. The van der Waals surface area contributed by atoms with E-state index >= 15 is 0 Å². The fraction of sp³-hybridized carbons (Fsp3) is 0. The van der Waals surface area contributed by atoms with Crippen LogP contribution in [0.5, 0.6) is 0 Å². The molecule has 0 aliphatic rings. The first-order valence-corrected chi connectivity index (χ1v) is 7.15. The summed E-state index contributed by atoms with van der Waals surface area (Å²) in [6.45, 7) is 3.87. The molecular formula is C17H13Cl2N3. The van der Waals surface area contributed by atoms with Crippen molar-refractivity contribution in [1.29, 1.82) is 5.26 Å². The molecule has 5 heteroatoms. The molecule has 0 fully saturated rings. The van der Waals surface area contributed by atoms with E-state index in [2.05, 4.69) is 18.0 Å². The molecule has 0 radical (unpaired) electrons. The maximum Gasteiger partial charge on any atom is 0.101 e. The number of halogens is 2. The summed E-state index contributed by atoms with van der Waals surface area (Å²) < 4.78 is 0. The molecule has 0 saturated carbocycles. The van der Waals surface area contributed by atoms with Gasteiger partial charge < -0.3 is 11.1 Å². The number of benzene rings is 2. The Morgan fingerprint density at radius 2 is 1.77 bits per heavy atom. The minimum absolute atomic E-state index is 0.318. The van der Waals surface area contributed by atoms with Crippen LogP contribution in [0.2, 0.25) is 10.0 Å². The van der Waals surface area contributed by atoms with Gasteiger partial charge in [-0.25, -0.2) is 0 Å². The lowest BCUT2D eigenvalue weighted by Gasteiger charge is -2.11. The number of nitrogens with zero attached hydrogens (tertiary/aromatic N) is 1. The highest BCUT2D eigenvalue weighted by molar-refractivity contribution is 6.37. The lowest BCUT2D eigenvalue weighted by molar-refractivity contribution is 1.41. The zero-order valence-electron chi connectivity index (χ0n) is 11.6. The Kier molecular flexibility index (Phi) is 5.11. The predicted octanol–water partition coefficient (Wildman–Crippen LogP) is 5.11. The van der Waals surface area contributed by atoms with Gasteiger partial charge in [0.25, 0.3) is 0 Å². The number of hydrogen-bond donors (Lipinski definition) is 2. The molecule has 2 aromatic carbocycles. The Hall–Kier alpha value is -2.41. The van der Waals surface area contributed by atoms with Gasteiger partial charge in [0.2, 0.25) is 0 Å². The van der Waals surface area contributed by atoms with Crippen molar-refractivity contribution in [2.24, 2.45) is 0 Å². The number of allylic oxidation sites excluding steroid dienone is 1. The molecule has 110 valence electrons. The number of para-hydroxylation sites is 2. The van der Waals surface area contributed by atoms with Crippen molar-refractivity contribution < 1.29 is 0 Å². The summed E-state index contributed by atoms with van der Waals surface area (Å²) in [5.41, 5.74) is 8.42. The zero-order chi connectivity index (χ0) is 16.1. The van der Waals surface area contributed by atoms with Crippen LogP contribution in [0.1, 0.15) is 5.56 Å². The van der Waals surface area contributed by atoms with Crippen molar-refractivity contribution in [2.45, 2.75) is 0 Å². The summed E-state index contributed by atoms with van der Waals surface area (Å²) in [5, 5.41) is 13.3. The Balaban J connectivity index is 2.33. The first-order valence-electron chi connectivity index (χ1n) is 6.39. The molecule has 2 aromatic rings. The smallest absolute Gasteiger partial charge is 0.101 e. The molecule has 0 heterocycles. The van der Waals surface area contributed by atoms with Crippen molar-refractivity contribution in [3.8, 4) is 6.07 Å². The number of hydrogen-bond acceptors (Lipinski definition) is 3. The van der Waals surface area contributed by atoms with Gasteiger partial charge in [-0.15, -0.1) is 0 Å². The first kappa shape index (κ1) is 16.0. The lowest BCUT2D eigenvalue weighted by atomic mass is 10.1. The summed E-state index contributed by atoms with van der Waals surface area (Å²) in [7, 11) is 0. The highest BCUT2D eigenvalue weighted by Gasteiger charge is 2.08. The fourth-order valence-electron chi connectivity index (χ4n) is 1.82. The van der Waals surface area contributed by atoms with Gasteiger partial charge in [0.1, 0.15) is 6.07 Å². The Morgan fingerprint density at radius 1 is 1.14 bits per heavy atom. The molecule has 22 heavy (non-hydrogen) atoms. The number of rotatable bonds is 4. The summed E-state index contributed by atoms with van der Waals surface area (Å²) in [4.78, 5) is 0. The molecule has 3 nitrogen and oxygen atoms in total. The van der Waals surface area contributed by atoms with Crippen molar-refractivity contribution in [1.82, 2.24) is 0 Å². The van der Waals surface area contributed by atoms with Crippen molar-refractivity contribution >= 4 is 40.7 Å². The van der Waals surface area contributed by atoms with Gasteiger partial charge in [-0.2, -0.15) is 5.26 Å². The fourth-order valence-corrected chi connectivity index (χ4v) is 2.33. The molecule has 0 unspecified atom stereocenters. The van der Waals surface area contributed by atoms with E-state index in [9.17, 15) is 5.26 Å². The Morgan fingerprint density at radius 3 is 2.36 bits per heavy atom. The second-order valence-corrected chi connectivity index (χ2v) is 5.31. The van der Waals surface area contributed by atoms with Crippen LogP contribution in [0, 0.1) is 11.3 Å². The average Bonchev–Trinajstić information content (AvgIpc) is 2.49. The number of nitrogens with one attached hydrogen (secondary N) is 1. The van der Waals surface area contributed by atoms with E-state index in [-0.39, 0.29) is 0 Å². The van der Waals surface area contributed by atoms with Crippen LogP contribution in [0.3, 0.4) is 0 Å². The topological polar surface area (TPSA) is 61.8 Å². The average molecular weight is 330 g/mol. The minimum Gasteiger partial charge on any atom is -0.397 e. The van der Waals surface area contributed by atoms with Gasteiger partial charge in [0.15, 0.2) is 0 Å². The molecule has 0 aliphatic heterocycles. The van der Waals surface area contributed by atoms with E-state index in [1.807, 2.05) is 12.1 Å². The lowest BCUT2D eigenvalue weighted by Crippen LogP contribution is -2.03. The maximum absolute atomic E-state index is 9.35. The van der Waals surface area contributed by atoms with Gasteiger partial charge >= 0.3 is 0 Å². The van der Waals surface area contributed by atoms with Crippen LogP contribution in [0.25, 0.3) is 6.08 Å². The highest BCUT2D eigenvalue weighted by Crippen LogP contribution is 2.28. The van der Waals surface area contributed by atoms with Gasteiger partial charge in [-0.1, -0.05) is 48.0 Å². The van der Waals surface area contributed by atoms with Crippen LogP contribution in [0.4, 0.5) is 11.4 Å². The molecule has 0 bridgehead atoms. The van der Waals surface area contributed by atoms with E-state index < -0.39 is 0 Å². The number of nitrogens with two attached hydrogens (primary N) is 1. The quantitative estimate of drug-likeness (QED) is 0.465. The van der Waals surface area contributed by atoms with Gasteiger partial charge in [0.05, 0.1) is 16.9 Å². The van der Waals surface area contributed by atoms with Crippen molar-refractivity contribution in [2.75, 3.05) is 11.1 Å². The van der Waals surface area contributed by atoms with Crippen molar-refractivity contribution in [3.63, 3.8) is 0 Å². The summed E-state index contributed by atoms with van der Waals surface area (Å²) in [5.74, 6) is 0. The molecule has 0 saturated heterocycles. The maximum atomic E-state index is 9.35. The van der Waals surface area contributed by atoms with E-state index in [4.69, 9.17) is 28.9 Å². The molecule has 0 aliphatic carbocycles. The monoisotopic (exact) mass is 329 g/mol. The zero-order valence-corrected chi connectivity index (χ0v) is 13.1. The second-order valence-electron chi connectivity index (χ2n) is 4.50. The first-order chi connectivity index (χ1) is 10.5. The van der Waals surface area contributed by atoms with E-state index in [0.29, 0.717) is 38.3 Å². The minimum atomic E-state index is 0.318. The third-order valence-electron chi connectivity index (χ3n) is 2.98.